The monoisotopic (exact) mass is 1760 g/mol. The first-order valence-electron chi connectivity index (χ1n) is 48.5. The van der Waals surface area contributed by atoms with Crippen LogP contribution in [0.1, 0.15) is 6.85 Å². The Hall–Kier alpha value is -18.6. The van der Waals surface area contributed by atoms with Crippen LogP contribution in [0.3, 0.4) is 0 Å². The summed E-state index contributed by atoms with van der Waals surface area (Å²) in [6.45, 7) is 0. The summed E-state index contributed by atoms with van der Waals surface area (Å²) in [5.74, 6) is 1.44. The zero-order valence-corrected chi connectivity index (χ0v) is 74.7. The van der Waals surface area contributed by atoms with Gasteiger partial charge in [0.2, 0.25) is 0 Å². The molecule has 0 aliphatic carbocycles. The Balaban J connectivity index is 0.000000120. The summed E-state index contributed by atoms with van der Waals surface area (Å²) in [5, 5.41) is 14.6. The van der Waals surface area contributed by atoms with Gasteiger partial charge in [-0.3, -0.25) is 15.0 Å². The van der Waals surface area contributed by atoms with Crippen molar-refractivity contribution >= 4 is 64.6 Å². The minimum absolute atomic E-state index is 0.0438. The molecule has 0 saturated carbocycles. The van der Waals surface area contributed by atoms with Crippen molar-refractivity contribution in [2.45, 2.75) is 0 Å². The van der Waals surface area contributed by atoms with Crippen LogP contribution >= 0.6 is 0 Å². The Morgan fingerprint density at radius 2 is 0.442 bits per heavy atom. The highest BCUT2D eigenvalue weighted by molar-refractivity contribution is 6.14. The lowest BCUT2D eigenvalue weighted by Gasteiger charge is -2.13. The average molecular weight is 1770 g/mol. The average Bonchev–Trinajstić information content (AvgIpc) is 0.763. The molecule has 19 aromatic carbocycles. The SMILES string of the molecule is [2H]c1c([2H])c([2H])c(-c2nc(-c3cccc(-c4cccnc4)c3)cc(-c3cccc(-c4cccc5ccccc45)c3)n2)c([2H])c1[2H].c1cncc(-c2ccc(-c3cc(-c4ccc(-c5cc6ccccc6c6ccccc56)cc4)nc(-c4cccc(-c5cccc6ccccc56)c4)n3)cc2)c1.c1cncc(-c2cccc(-c3cc(-c4cccc(-c5cccc6ccccc56)c4)nc(-c4ccc5ccccc5c4)n3)c2)c1. The zero-order chi connectivity index (χ0) is 96.2. The lowest BCUT2D eigenvalue weighted by atomic mass is 9.92. The van der Waals surface area contributed by atoms with Crippen LogP contribution in [0.2, 0.25) is 0 Å². The van der Waals surface area contributed by atoms with Gasteiger partial charge in [0.05, 0.1) is 41.0 Å². The molecule has 0 atom stereocenters. The van der Waals surface area contributed by atoms with Gasteiger partial charge in [0.1, 0.15) is 0 Å². The molecule has 6 aromatic heterocycles. The van der Waals surface area contributed by atoms with Crippen LogP contribution in [0.25, 0.3) is 244 Å². The first-order chi connectivity index (χ1) is 70.4. The van der Waals surface area contributed by atoms with E-state index >= 15 is 0 Å². The summed E-state index contributed by atoms with van der Waals surface area (Å²) >= 11 is 0. The van der Waals surface area contributed by atoms with Gasteiger partial charge in [-0.05, 0) is 210 Å². The number of hydrogen-bond acceptors (Lipinski definition) is 9. The van der Waals surface area contributed by atoms with E-state index in [0.29, 0.717) is 23.0 Å². The Morgan fingerprint density at radius 3 is 0.884 bits per heavy atom. The smallest absolute Gasteiger partial charge is 0.160 e. The largest absolute Gasteiger partial charge is 0.264 e. The van der Waals surface area contributed by atoms with Crippen LogP contribution in [0.4, 0.5) is 0 Å². The molecule has 9 heteroatoms. The molecule has 646 valence electrons. The highest BCUT2D eigenvalue weighted by Gasteiger charge is 2.20. The van der Waals surface area contributed by atoms with Crippen molar-refractivity contribution in [2.24, 2.45) is 0 Å². The van der Waals surface area contributed by atoms with Crippen molar-refractivity contribution in [3.63, 3.8) is 0 Å². The molecule has 0 aliphatic rings. The van der Waals surface area contributed by atoms with E-state index in [1.54, 1.807) is 24.8 Å². The summed E-state index contributed by atoms with van der Waals surface area (Å²) in [6.07, 6.45) is 10.9. The second-order valence-electron chi connectivity index (χ2n) is 34.0. The van der Waals surface area contributed by atoms with E-state index in [1.165, 1.54) is 70.7 Å². The van der Waals surface area contributed by atoms with Gasteiger partial charge in [0.15, 0.2) is 17.5 Å². The van der Waals surface area contributed by atoms with Crippen LogP contribution < -0.4 is 0 Å². The number of hydrogen-bond donors (Lipinski definition) is 0. The maximum atomic E-state index is 8.63. The van der Waals surface area contributed by atoms with E-state index in [1.807, 2.05) is 97.3 Å². The molecule has 25 rings (SSSR count). The van der Waals surface area contributed by atoms with Crippen LogP contribution in [0, 0.1) is 0 Å². The molecular weight excluding hydrogens is 1680 g/mol. The van der Waals surface area contributed by atoms with E-state index in [2.05, 4.69) is 379 Å². The minimum atomic E-state index is -0.461. The van der Waals surface area contributed by atoms with Crippen molar-refractivity contribution in [1.82, 2.24) is 44.9 Å². The van der Waals surface area contributed by atoms with E-state index < -0.39 is 18.1 Å². The molecule has 0 fully saturated rings. The molecule has 138 heavy (non-hydrogen) atoms. The van der Waals surface area contributed by atoms with Crippen LogP contribution in [-0.2, 0) is 0 Å². The van der Waals surface area contributed by atoms with Gasteiger partial charge in [-0.15, -0.1) is 0 Å². The minimum Gasteiger partial charge on any atom is -0.264 e. The van der Waals surface area contributed by atoms with Crippen LogP contribution in [-0.4, -0.2) is 44.9 Å². The Labute approximate surface area is 807 Å². The Morgan fingerprint density at radius 1 is 0.145 bits per heavy atom. The molecule has 0 aliphatic heterocycles. The number of benzene rings is 19. The third-order valence-corrected chi connectivity index (χ3v) is 25.4. The molecule has 0 amide bonds. The Kier molecular flexibility index (Phi) is 21.5. The summed E-state index contributed by atoms with van der Waals surface area (Å²) in [4.78, 5) is 43.2. The standard InChI is InChI=1S/C51H33N3.C41H27N3.C37H25N3/c1-3-16-43-35(10-1)12-8-20-44(43)39-13-7-14-41(30-39)51-53-49(37-25-21-34(22-26-37)42-15-9-29-52-33-42)32-50(54-51)38-27-23-36(24-28-38)48-31-40-11-2-4-17-45(40)46-18-5-6-19-47(46)48;1-2-11-30-24-35(21-20-28(30)9-1)41-43-39(33-15-5-13-31(23-33)36-17-8-22-42-27-36)26-40(44-41)34-16-6-14-32(25-34)38-19-7-12-29-10-3-4-18-37(29)38;1-2-11-27(12-3-1)37-39-35(30-16-6-14-28(22-30)32-18-9-21-38-25-32)24-36(40-37)31-17-7-15-29(23-31)34-20-8-13-26-10-4-5-19-33(26)34/h1-33H;1-27H;1-25H/i;;1D,2D,3D,11D,12D. The van der Waals surface area contributed by atoms with E-state index in [-0.39, 0.29) is 23.5 Å². The summed E-state index contributed by atoms with van der Waals surface area (Å²) < 4.78 is 41.9. The van der Waals surface area contributed by atoms with E-state index in [9.17, 15) is 0 Å². The maximum absolute atomic E-state index is 8.63. The summed E-state index contributed by atoms with van der Waals surface area (Å²) in [7, 11) is 0. The van der Waals surface area contributed by atoms with Crippen molar-refractivity contribution in [3.05, 3.63) is 516 Å². The first-order valence-corrected chi connectivity index (χ1v) is 46.0. The van der Waals surface area contributed by atoms with Crippen molar-refractivity contribution in [2.75, 3.05) is 0 Å². The predicted molar refractivity (Wildman–Crippen MR) is 571 cm³/mol. The number of aromatic nitrogens is 9. The van der Waals surface area contributed by atoms with Crippen LogP contribution in [0.15, 0.2) is 516 Å². The third kappa shape index (κ3) is 17.6. The lowest BCUT2D eigenvalue weighted by Crippen LogP contribution is -1.96. The second kappa shape index (κ2) is 38.0. The molecule has 0 N–H and O–H groups in total. The van der Waals surface area contributed by atoms with Crippen molar-refractivity contribution < 1.29 is 6.85 Å². The lowest BCUT2D eigenvalue weighted by molar-refractivity contribution is 1.18. The molecule has 0 spiro atoms. The van der Waals surface area contributed by atoms with Gasteiger partial charge in [-0.25, -0.2) is 29.9 Å². The van der Waals surface area contributed by atoms with Gasteiger partial charge in [-0.1, -0.05) is 400 Å². The fourth-order valence-electron chi connectivity index (χ4n) is 18.5. The van der Waals surface area contributed by atoms with Crippen LogP contribution in [0.5, 0.6) is 0 Å². The molecule has 0 bridgehead atoms. The fraction of sp³-hybridized carbons (Fsp3) is 0. The van der Waals surface area contributed by atoms with Gasteiger partial charge < -0.3 is 0 Å². The number of rotatable bonds is 16. The van der Waals surface area contributed by atoms with Gasteiger partial charge in [-0.2, -0.15) is 0 Å². The van der Waals surface area contributed by atoms with Gasteiger partial charge >= 0.3 is 0 Å². The fourth-order valence-corrected chi connectivity index (χ4v) is 18.5. The molecule has 9 nitrogen and oxygen atoms in total. The van der Waals surface area contributed by atoms with Gasteiger partial charge in [0, 0.05) is 98.4 Å². The normalized spacial score (nSPS) is 11.7. The third-order valence-electron chi connectivity index (χ3n) is 25.4. The van der Waals surface area contributed by atoms with Crippen molar-refractivity contribution in [3.8, 4) is 180 Å². The maximum Gasteiger partial charge on any atom is 0.160 e. The molecule has 0 radical (unpaired) electrons. The Bertz CT molecular complexity index is 9120. The predicted octanol–water partition coefficient (Wildman–Crippen LogP) is 33.2. The van der Waals surface area contributed by atoms with E-state index in [4.69, 9.17) is 36.8 Å². The molecule has 0 saturated heterocycles. The molecule has 25 aromatic rings. The molecule has 0 unspecified atom stereocenters. The van der Waals surface area contributed by atoms with Crippen molar-refractivity contribution in [1.29, 1.82) is 0 Å². The molecule has 6 heterocycles. The first kappa shape index (κ1) is 78.1. The second-order valence-corrected chi connectivity index (χ2v) is 34.0. The highest BCUT2D eigenvalue weighted by atomic mass is 14.9. The highest BCUT2D eigenvalue weighted by Crippen LogP contribution is 2.42. The summed E-state index contributed by atoms with van der Waals surface area (Å²) in [5.41, 5.74) is 27.7. The number of nitrogens with zero attached hydrogens (tertiary/aromatic N) is 9. The molecular formula is C129H85N9. The zero-order valence-electron chi connectivity index (χ0n) is 79.7. The summed E-state index contributed by atoms with van der Waals surface area (Å²) in [6, 6.07) is 154. The quantitative estimate of drug-likeness (QED) is 0.0872. The number of pyridine rings is 3. The topological polar surface area (TPSA) is 116 Å². The number of fused-ring (bicyclic) bond motifs is 7. The van der Waals surface area contributed by atoms with Gasteiger partial charge in [0.25, 0.3) is 0 Å². The van der Waals surface area contributed by atoms with E-state index in [0.717, 1.165) is 139 Å².